The average Bonchev–Trinajstić information content (AvgIpc) is 1.96. The van der Waals surface area contributed by atoms with Crippen LogP contribution in [0.15, 0.2) is 0 Å². The van der Waals surface area contributed by atoms with Gasteiger partial charge in [0.25, 0.3) is 0 Å². The highest BCUT2D eigenvalue weighted by molar-refractivity contribution is 6.42. The summed E-state index contributed by atoms with van der Waals surface area (Å²) in [5.74, 6) is 0.524. The number of hydrogen-bond donors (Lipinski definition) is 0. The van der Waals surface area contributed by atoms with Crippen molar-refractivity contribution >= 4 is 7.12 Å². The zero-order valence-electron chi connectivity index (χ0n) is 7.83. The van der Waals surface area contributed by atoms with E-state index in [0.717, 1.165) is 6.42 Å². The molecule has 3 heteroatoms. The molecule has 0 aromatic heterocycles. The summed E-state index contributed by atoms with van der Waals surface area (Å²) in [6, 6.07) is 0. The minimum absolute atomic E-state index is 0.0221. The second kappa shape index (κ2) is 3.59. The molecule has 0 saturated carbocycles. The van der Waals surface area contributed by atoms with Crippen molar-refractivity contribution in [2.45, 2.75) is 46.2 Å². The van der Waals surface area contributed by atoms with Crippen LogP contribution in [0, 0.1) is 5.92 Å². The lowest BCUT2D eigenvalue weighted by Gasteiger charge is -2.36. The molecule has 0 amide bonds. The molecule has 0 aliphatic carbocycles. The van der Waals surface area contributed by atoms with E-state index in [2.05, 4.69) is 20.8 Å². The molecule has 1 heterocycles. The molecular weight excluding hydrogens is 139 g/mol. The summed E-state index contributed by atoms with van der Waals surface area (Å²) >= 11 is 0. The fraction of sp³-hybridized carbons (Fsp3) is 1.00. The summed E-state index contributed by atoms with van der Waals surface area (Å²) in [5.41, 5.74) is 0. The van der Waals surface area contributed by atoms with E-state index >= 15 is 0 Å². The van der Waals surface area contributed by atoms with Crippen LogP contribution in [0.3, 0.4) is 0 Å². The van der Waals surface area contributed by atoms with Crippen LogP contribution in [0.2, 0.25) is 6.82 Å². The second-order valence-corrected chi connectivity index (χ2v) is 3.35. The molecule has 1 fully saturated rings. The van der Waals surface area contributed by atoms with E-state index in [-0.39, 0.29) is 7.12 Å². The van der Waals surface area contributed by atoms with Gasteiger partial charge >= 0.3 is 7.12 Å². The minimum Gasteiger partial charge on any atom is -0.408 e. The molecule has 1 aliphatic rings. The topological polar surface area (TPSA) is 18.5 Å². The van der Waals surface area contributed by atoms with Gasteiger partial charge in [-0.2, -0.15) is 0 Å². The molecule has 1 rings (SSSR count). The Bertz CT molecular complexity index is 129. The van der Waals surface area contributed by atoms with E-state index in [4.69, 9.17) is 9.31 Å². The van der Waals surface area contributed by atoms with Crippen molar-refractivity contribution < 1.29 is 9.31 Å². The maximum absolute atomic E-state index is 5.60. The van der Waals surface area contributed by atoms with Crippen LogP contribution >= 0.6 is 0 Å². The smallest absolute Gasteiger partial charge is 0.408 e. The fourth-order valence-electron chi connectivity index (χ4n) is 1.60. The lowest BCUT2D eigenvalue weighted by Crippen LogP contribution is -2.44. The molecular formula is C8H17BO2. The van der Waals surface area contributed by atoms with Gasteiger partial charge in [-0.3, -0.25) is 0 Å². The van der Waals surface area contributed by atoms with Gasteiger partial charge in [0.2, 0.25) is 0 Å². The van der Waals surface area contributed by atoms with Gasteiger partial charge in [-0.05, 0) is 20.2 Å². The Morgan fingerprint density at radius 2 is 1.91 bits per heavy atom. The van der Waals surface area contributed by atoms with Gasteiger partial charge in [0.05, 0.1) is 0 Å². The van der Waals surface area contributed by atoms with Crippen LogP contribution in [-0.2, 0) is 9.31 Å². The van der Waals surface area contributed by atoms with Crippen LogP contribution in [0.1, 0.15) is 27.2 Å². The van der Waals surface area contributed by atoms with Gasteiger partial charge in [0, 0.05) is 18.1 Å². The maximum atomic E-state index is 5.60. The molecule has 0 spiro atoms. The van der Waals surface area contributed by atoms with Gasteiger partial charge in [0.1, 0.15) is 0 Å². The van der Waals surface area contributed by atoms with Crippen LogP contribution in [-0.4, -0.2) is 19.3 Å². The van der Waals surface area contributed by atoms with E-state index in [1.54, 1.807) is 0 Å². The Hall–Kier alpha value is -0.0151. The lowest BCUT2D eigenvalue weighted by molar-refractivity contribution is -0.0230. The molecule has 0 bridgehead atoms. The SMILES string of the molecule is CCC1OB(C)OC(C)C1C. The highest BCUT2D eigenvalue weighted by Gasteiger charge is 2.33. The van der Waals surface area contributed by atoms with Gasteiger partial charge in [-0.25, -0.2) is 0 Å². The molecule has 11 heavy (non-hydrogen) atoms. The van der Waals surface area contributed by atoms with E-state index in [9.17, 15) is 0 Å². The van der Waals surface area contributed by atoms with Crippen LogP contribution < -0.4 is 0 Å². The molecule has 0 N–H and O–H groups in total. The Morgan fingerprint density at radius 3 is 2.45 bits per heavy atom. The highest BCUT2D eigenvalue weighted by Crippen LogP contribution is 2.24. The van der Waals surface area contributed by atoms with Crippen LogP contribution in [0.5, 0.6) is 0 Å². The third-order valence-corrected chi connectivity index (χ3v) is 2.50. The third-order valence-electron chi connectivity index (χ3n) is 2.50. The predicted octanol–water partition coefficient (Wildman–Crippen LogP) is 1.95. The summed E-state index contributed by atoms with van der Waals surface area (Å²) in [5, 5.41) is 0. The predicted molar refractivity (Wildman–Crippen MR) is 46.5 cm³/mol. The summed E-state index contributed by atoms with van der Waals surface area (Å²) < 4.78 is 11.1. The Kier molecular flexibility index (Phi) is 2.96. The largest absolute Gasteiger partial charge is 0.453 e. The molecule has 0 radical (unpaired) electrons. The summed E-state index contributed by atoms with van der Waals surface area (Å²) in [6.07, 6.45) is 1.80. The van der Waals surface area contributed by atoms with Gasteiger partial charge < -0.3 is 9.31 Å². The van der Waals surface area contributed by atoms with Crippen molar-refractivity contribution in [1.29, 1.82) is 0 Å². The second-order valence-electron chi connectivity index (χ2n) is 3.35. The first-order valence-electron chi connectivity index (χ1n) is 4.46. The summed E-state index contributed by atoms with van der Waals surface area (Å²) in [6.45, 7) is 8.42. The maximum Gasteiger partial charge on any atom is 0.453 e. The van der Waals surface area contributed by atoms with E-state index < -0.39 is 0 Å². The van der Waals surface area contributed by atoms with Gasteiger partial charge in [-0.15, -0.1) is 0 Å². The van der Waals surface area contributed by atoms with Crippen molar-refractivity contribution in [1.82, 2.24) is 0 Å². The molecule has 3 unspecified atom stereocenters. The average molecular weight is 156 g/mol. The summed E-state index contributed by atoms with van der Waals surface area (Å²) in [7, 11) is -0.0221. The fourth-order valence-corrected chi connectivity index (χ4v) is 1.60. The van der Waals surface area contributed by atoms with Crippen molar-refractivity contribution in [2.24, 2.45) is 5.92 Å². The summed E-state index contributed by atoms with van der Waals surface area (Å²) in [4.78, 5) is 0. The molecule has 1 aliphatic heterocycles. The Morgan fingerprint density at radius 1 is 1.27 bits per heavy atom. The minimum atomic E-state index is -0.0221. The quantitative estimate of drug-likeness (QED) is 0.540. The first kappa shape index (κ1) is 9.08. The molecule has 0 aromatic rings. The van der Waals surface area contributed by atoms with Gasteiger partial charge in [-0.1, -0.05) is 13.8 Å². The van der Waals surface area contributed by atoms with E-state index in [1.165, 1.54) is 0 Å². The lowest BCUT2D eigenvalue weighted by atomic mass is 9.85. The Balaban J connectivity index is 2.51. The number of rotatable bonds is 1. The normalized spacial score (nSPS) is 39.3. The first-order valence-corrected chi connectivity index (χ1v) is 4.46. The Labute approximate surface area is 69.4 Å². The molecule has 1 saturated heterocycles. The van der Waals surface area contributed by atoms with Crippen molar-refractivity contribution in [3.05, 3.63) is 0 Å². The zero-order chi connectivity index (χ0) is 8.43. The van der Waals surface area contributed by atoms with Crippen molar-refractivity contribution in [3.63, 3.8) is 0 Å². The van der Waals surface area contributed by atoms with E-state index in [1.807, 2.05) is 6.82 Å². The van der Waals surface area contributed by atoms with Crippen molar-refractivity contribution in [3.8, 4) is 0 Å². The standard InChI is InChI=1S/C8H17BO2/c1-5-8-6(2)7(3)10-9(4)11-8/h6-8H,5H2,1-4H3. The first-order chi connectivity index (χ1) is 5.15. The van der Waals surface area contributed by atoms with Crippen molar-refractivity contribution in [2.75, 3.05) is 0 Å². The molecule has 3 atom stereocenters. The molecule has 2 nitrogen and oxygen atoms in total. The monoisotopic (exact) mass is 156 g/mol. The van der Waals surface area contributed by atoms with Crippen LogP contribution in [0.4, 0.5) is 0 Å². The highest BCUT2D eigenvalue weighted by atomic mass is 16.6. The van der Waals surface area contributed by atoms with Gasteiger partial charge in [0.15, 0.2) is 0 Å². The molecule has 64 valence electrons. The third kappa shape index (κ3) is 1.97. The molecule has 0 aromatic carbocycles. The van der Waals surface area contributed by atoms with Crippen LogP contribution in [0.25, 0.3) is 0 Å². The number of hydrogen-bond acceptors (Lipinski definition) is 2. The zero-order valence-corrected chi connectivity index (χ0v) is 7.83. The van der Waals surface area contributed by atoms with E-state index in [0.29, 0.717) is 18.1 Å².